The molecule has 0 saturated heterocycles. The summed E-state index contributed by atoms with van der Waals surface area (Å²) in [6, 6.07) is 0. The van der Waals surface area contributed by atoms with Crippen LogP contribution in [0.1, 0.15) is 65.7 Å². The molecule has 0 radical (unpaired) electrons. The highest BCUT2D eigenvalue weighted by Gasteiger charge is 2.41. The van der Waals surface area contributed by atoms with Crippen LogP contribution >= 0.6 is 22.6 Å². The largest absolute Gasteiger partial charge is 0.371 e. The first-order valence-corrected chi connectivity index (χ1v) is 8.71. The Kier molecular flexibility index (Phi) is 4.45. The van der Waals surface area contributed by atoms with Crippen LogP contribution in [0.3, 0.4) is 0 Å². The van der Waals surface area contributed by atoms with Gasteiger partial charge in [0.2, 0.25) is 0 Å². The number of rotatable bonds is 3. The third-order valence-electron chi connectivity index (χ3n) is 4.83. The van der Waals surface area contributed by atoms with Gasteiger partial charge in [0.15, 0.2) is 0 Å². The first-order valence-electron chi connectivity index (χ1n) is 7.19. The number of alkyl halides is 1. The van der Waals surface area contributed by atoms with E-state index in [1.807, 2.05) is 0 Å². The summed E-state index contributed by atoms with van der Waals surface area (Å²) in [5.74, 6) is 0.892. The summed E-state index contributed by atoms with van der Waals surface area (Å²) in [5.41, 5.74) is 0.710. The summed E-state index contributed by atoms with van der Waals surface area (Å²) in [4.78, 5) is 0. The summed E-state index contributed by atoms with van der Waals surface area (Å²) in [6.45, 7) is 7.17. The highest BCUT2D eigenvalue weighted by Crippen LogP contribution is 2.45. The van der Waals surface area contributed by atoms with Crippen molar-refractivity contribution in [2.75, 3.05) is 4.43 Å². The van der Waals surface area contributed by atoms with Gasteiger partial charge in [-0.05, 0) is 56.3 Å². The zero-order valence-corrected chi connectivity index (χ0v) is 13.8. The van der Waals surface area contributed by atoms with Gasteiger partial charge in [0, 0.05) is 4.43 Å². The zero-order valence-electron chi connectivity index (χ0n) is 11.6. The van der Waals surface area contributed by atoms with E-state index < -0.39 is 0 Å². The lowest BCUT2D eigenvalue weighted by molar-refractivity contribution is -0.132. The van der Waals surface area contributed by atoms with Crippen LogP contribution in [-0.4, -0.2) is 16.1 Å². The second-order valence-electron chi connectivity index (χ2n) is 7.13. The first-order chi connectivity index (χ1) is 7.95. The van der Waals surface area contributed by atoms with E-state index in [4.69, 9.17) is 4.74 Å². The Hall–Kier alpha value is 0.690. The smallest absolute Gasteiger partial charge is 0.0775 e. The van der Waals surface area contributed by atoms with Crippen LogP contribution in [0.4, 0.5) is 0 Å². The van der Waals surface area contributed by atoms with Gasteiger partial charge in [-0.15, -0.1) is 0 Å². The molecule has 0 spiro atoms. The summed E-state index contributed by atoms with van der Waals surface area (Å²) < 4.78 is 7.60. The lowest BCUT2D eigenvalue weighted by Gasteiger charge is -2.46. The normalized spacial score (nSPS) is 35.6. The maximum Gasteiger partial charge on any atom is 0.0775 e. The molecule has 0 aromatic rings. The molecule has 0 atom stereocenters. The van der Waals surface area contributed by atoms with Crippen LogP contribution in [0.25, 0.3) is 0 Å². The Bertz CT molecular complexity index is 244. The first kappa shape index (κ1) is 14.1. The topological polar surface area (TPSA) is 9.23 Å². The SMILES string of the molecule is CC(C)(C)C1CCC(CI)(OC2CCC2)CC1. The van der Waals surface area contributed by atoms with Crippen molar-refractivity contribution < 1.29 is 4.74 Å². The molecule has 1 nitrogen and oxygen atoms in total. The molecule has 100 valence electrons. The average molecular weight is 350 g/mol. The van der Waals surface area contributed by atoms with Crippen molar-refractivity contribution in [1.29, 1.82) is 0 Å². The van der Waals surface area contributed by atoms with Crippen molar-refractivity contribution in [2.45, 2.75) is 77.4 Å². The maximum absolute atomic E-state index is 6.42. The van der Waals surface area contributed by atoms with Crippen LogP contribution < -0.4 is 0 Å². The van der Waals surface area contributed by atoms with Crippen LogP contribution in [0.2, 0.25) is 0 Å². The van der Waals surface area contributed by atoms with Gasteiger partial charge in [0.25, 0.3) is 0 Å². The molecule has 0 aromatic carbocycles. The molecule has 2 aliphatic rings. The van der Waals surface area contributed by atoms with Crippen molar-refractivity contribution in [3.8, 4) is 0 Å². The Morgan fingerprint density at radius 2 is 1.71 bits per heavy atom. The minimum atomic E-state index is 0.230. The van der Waals surface area contributed by atoms with Crippen LogP contribution in [0.15, 0.2) is 0 Å². The Balaban J connectivity index is 1.89. The van der Waals surface area contributed by atoms with Gasteiger partial charge in [-0.2, -0.15) is 0 Å². The van der Waals surface area contributed by atoms with E-state index in [9.17, 15) is 0 Å². The van der Waals surface area contributed by atoms with Crippen molar-refractivity contribution in [3.05, 3.63) is 0 Å². The molecule has 2 heteroatoms. The van der Waals surface area contributed by atoms with Crippen LogP contribution in [0, 0.1) is 11.3 Å². The average Bonchev–Trinajstić information content (AvgIpc) is 2.23. The third-order valence-corrected chi connectivity index (χ3v) is 6.22. The van der Waals surface area contributed by atoms with Crippen molar-refractivity contribution in [2.24, 2.45) is 11.3 Å². The van der Waals surface area contributed by atoms with E-state index in [1.54, 1.807) is 0 Å². The molecular weight excluding hydrogens is 323 g/mol. The molecule has 2 rings (SSSR count). The van der Waals surface area contributed by atoms with Crippen molar-refractivity contribution in [1.82, 2.24) is 0 Å². The molecule has 0 heterocycles. The molecular formula is C15H27IO. The highest BCUT2D eigenvalue weighted by molar-refractivity contribution is 14.1. The minimum absolute atomic E-state index is 0.230. The molecule has 0 unspecified atom stereocenters. The second kappa shape index (κ2) is 5.36. The van der Waals surface area contributed by atoms with Crippen molar-refractivity contribution in [3.63, 3.8) is 0 Å². The lowest BCUT2D eigenvalue weighted by Crippen LogP contribution is -2.45. The molecule has 2 fully saturated rings. The van der Waals surface area contributed by atoms with Gasteiger partial charge in [0.1, 0.15) is 0 Å². The summed E-state index contributed by atoms with van der Waals surface area (Å²) >= 11 is 2.54. The van der Waals surface area contributed by atoms with E-state index in [0.717, 1.165) is 5.92 Å². The van der Waals surface area contributed by atoms with E-state index in [1.165, 1.54) is 49.4 Å². The van der Waals surface area contributed by atoms with Gasteiger partial charge in [-0.3, -0.25) is 0 Å². The van der Waals surface area contributed by atoms with Gasteiger partial charge in [-0.25, -0.2) is 0 Å². The van der Waals surface area contributed by atoms with Gasteiger partial charge in [-0.1, -0.05) is 43.4 Å². The van der Waals surface area contributed by atoms with E-state index in [-0.39, 0.29) is 5.60 Å². The predicted molar refractivity (Wildman–Crippen MR) is 81.8 cm³/mol. The van der Waals surface area contributed by atoms with Crippen molar-refractivity contribution >= 4 is 22.6 Å². The molecule has 17 heavy (non-hydrogen) atoms. The predicted octanol–water partition coefficient (Wildman–Crippen LogP) is 4.97. The second-order valence-corrected chi connectivity index (χ2v) is 7.89. The van der Waals surface area contributed by atoms with E-state index in [0.29, 0.717) is 11.5 Å². The molecule has 0 amide bonds. The Morgan fingerprint density at radius 1 is 1.12 bits per heavy atom. The minimum Gasteiger partial charge on any atom is -0.371 e. The fourth-order valence-electron chi connectivity index (χ4n) is 3.14. The fourth-order valence-corrected chi connectivity index (χ4v) is 4.08. The maximum atomic E-state index is 6.42. The molecule has 2 aliphatic carbocycles. The van der Waals surface area contributed by atoms with E-state index >= 15 is 0 Å². The zero-order chi connectivity index (χ0) is 12.5. The molecule has 0 bridgehead atoms. The van der Waals surface area contributed by atoms with Gasteiger partial charge >= 0.3 is 0 Å². The molecule has 0 aromatic heterocycles. The van der Waals surface area contributed by atoms with Gasteiger partial charge < -0.3 is 4.74 Å². The molecule has 2 saturated carbocycles. The highest BCUT2D eigenvalue weighted by atomic mass is 127. The van der Waals surface area contributed by atoms with Crippen LogP contribution in [0.5, 0.6) is 0 Å². The Labute approximate surface area is 120 Å². The van der Waals surface area contributed by atoms with Gasteiger partial charge in [0.05, 0.1) is 11.7 Å². The van der Waals surface area contributed by atoms with E-state index in [2.05, 4.69) is 43.4 Å². The third kappa shape index (κ3) is 3.37. The molecule has 0 N–H and O–H groups in total. The quantitative estimate of drug-likeness (QED) is 0.516. The molecule has 0 aliphatic heterocycles. The number of hydrogen-bond donors (Lipinski definition) is 0. The number of halogens is 1. The summed E-state index contributed by atoms with van der Waals surface area (Å²) in [6.07, 6.45) is 9.88. The standard InChI is InChI=1S/C15H27IO/c1-14(2,3)12-7-9-15(11-16,10-8-12)17-13-5-4-6-13/h12-13H,4-11H2,1-3H3. The number of hydrogen-bond acceptors (Lipinski definition) is 1. The van der Waals surface area contributed by atoms with Crippen LogP contribution in [-0.2, 0) is 4.74 Å². The fraction of sp³-hybridized carbons (Fsp3) is 1.00. The summed E-state index contributed by atoms with van der Waals surface area (Å²) in [7, 11) is 0. The monoisotopic (exact) mass is 350 g/mol. The lowest BCUT2D eigenvalue weighted by atomic mass is 9.68. The number of ether oxygens (including phenoxy) is 1. The Morgan fingerprint density at radius 3 is 2.06 bits per heavy atom. The summed E-state index contributed by atoms with van der Waals surface area (Å²) in [5, 5.41) is 0.